The minimum atomic E-state index is -0.743. The van der Waals surface area contributed by atoms with E-state index < -0.39 is 17.5 Å². The quantitative estimate of drug-likeness (QED) is 0.852. The van der Waals surface area contributed by atoms with Crippen LogP contribution >= 0.6 is 15.9 Å². The molecule has 1 fully saturated rings. The summed E-state index contributed by atoms with van der Waals surface area (Å²) in [6.45, 7) is 0.474. The van der Waals surface area contributed by atoms with Crippen LogP contribution in [0.3, 0.4) is 0 Å². The molecule has 0 saturated heterocycles. The van der Waals surface area contributed by atoms with Crippen LogP contribution in [0.1, 0.15) is 23.2 Å². The molecule has 1 aliphatic rings. The van der Waals surface area contributed by atoms with Crippen LogP contribution in [0.2, 0.25) is 0 Å². The normalized spacial score (nSPS) is 16.6. The average molecular weight is 304 g/mol. The van der Waals surface area contributed by atoms with E-state index in [0.717, 1.165) is 18.2 Å². The minimum Gasteiger partial charge on any atom is -0.351 e. The highest BCUT2D eigenvalue weighted by atomic mass is 79.9. The van der Waals surface area contributed by atoms with Crippen LogP contribution in [0.5, 0.6) is 0 Å². The van der Waals surface area contributed by atoms with Crippen molar-refractivity contribution < 1.29 is 13.6 Å². The highest BCUT2D eigenvalue weighted by Crippen LogP contribution is 2.36. The fraction of sp³-hybridized carbons (Fsp3) is 0.417. The fourth-order valence-electron chi connectivity index (χ4n) is 1.60. The lowest BCUT2D eigenvalue weighted by atomic mass is 10.2. The molecule has 2 rings (SSSR count). The lowest BCUT2D eigenvalue weighted by Gasteiger charge is -2.10. The van der Waals surface area contributed by atoms with Crippen LogP contribution < -0.4 is 5.32 Å². The van der Waals surface area contributed by atoms with Gasteiger partial charge >= 0.3 is 0 Å². The molecule has 1 saturated carbocycles. The van der Waals surface area contributed by atoms with Gasteiger partial charge in [-0.15, -0.1) is 0 Å². The molecule has 92 valence electrons. The summed E-state index contributed by atoms with van der Waals surface area (Å²) in [5, 5.41) is 2.66. The van der Waals surface area contributed by atoms with Gasteiger partial charge in [-0.1, -0.05) is 15.9 Å². The molecule has 17 heavy (non-hydrogen) atoms. The zero-order chi connectivity index (χ0) is 12.4. The Morgan fingerprint density at radius 2 is 1.94 bits per heavy atom. The molecule has 1 N–H and O–H groups in total. The molecule has 0 aliphatic heterocycles. The van der Waals surface area contributed by atoms with E-state index in [9.17, 15) is 13.6 Å². The number of carbonyl (C=O) groups is 1. The van der Waals surface area contributed by atoms with Gasteiger partial charge < -0.3 is 5.32 Å². The third-order valence-electron chi connectivity index (χ3n) is 2.72. The van der Waals surface area contributed by atoms with Crippen molar-refractivity contribution in [3.63, 3.8) is 0 Å². The number of rotatable bonds is 4. The van der Waals surface area contributed by atoms with Gasteiger partial charge in [0.05, 0.1) is 0 Å². The molecule has 1 atom stereocenters. The van der Waals surface area contributed by atoms with Gasteiger partial charge in [0.25, 0.3) is 5.91 Å². The highest BCUT2D eigenvalue weighted by molar-refractivity contribution is 9.09. The van der Waals surface area contributed by atoms with E-state index in [1.165, 1.54) is 12.8 Å². The Balaban J connectivity index is 1.94. The first-order chi connectivity index (χ1) is 8.06. The monoisotopic (exact) mass is 303 g/mol. The van der Waals surface area contributed by atoms with Crippen molar-refractivity contribution in [1.82, 2.24) is 5.32 Å². The summed E-state index contributed by atoms with van der Waals surface area (Å²) in [5.41, 5.74) is 0.0120. The number of hydrogen-bond acceptors (Lipinski definition) is 1. The second-order valence-corrected chi connectivity index (χ2v) is 5.40. The SMILES string of the molecule is O=C(NCC(Br)C1CC1)c1cc(F)cc(F)c1. The summed E-state index contributed by atoms with van der Waals surface area (Å²) < 4.78 is 25.8. The van der Waals surface area contributed by atoms with Crippen molar-refractivity contribution >= 4 is 21.8 Å². The second kappa shape index (κ2) is 5.12. The van der Waals surface area contributed by atoms with Gasteiger partial charge in [0.1, 0.15) is 11.6 Å². The third kappa shape index (κ3) is 3.49. The number of amides is 1. The van der Waals surface area contributed by atoms with E-state index in [1.807, 2.05) is 0 Å². The molecule has 1 aromatic carbocycles. The predicted octanol–water partition coefficient (Wildman–Crippen LogP) is 2.87. The summed E-state index contributed by atoms with van der Waals surface area (Å²) in [5.74, 6) is -1.33. The molecule has 0 radical (unpaired) electrons. The standard InChI is InChI=1S/C12H12BrF2NO/c13-11(7-1-2-7)6-16-12(17)8-3-9(14)5-10(15)4-8/h3-5,7,11H,1-2,6H2,(H,16,17). The van der Waals surface area contributed by atoms with Crippen molar-refractivity contribution in [3.05, 3.63) is 35.4 Å². The number of hydrogen-bond donors (Lipinski definition) is 1. The molecule has 0 heterocycles. The largest absolute Gasteiger partial charge is 0.351 e. The number of alkyl halides is 1. The molecule has 5 heteroatoms. The predicted molar refractivity (Wildman–Crippen MR) is 64.1 cm³/mol. The maximum Gasteiger partial charge on any atom is 0.251 e. The Labute approximate surface area is 107 Å². The van der Waals surface area contributed by atoms with Crippen molar-refractivity contribution in [1.29, 1.82) is 0 Å². The summed E-state index contributed by atoms with van der Waals surface area (Å²) in [4.78, 5) is 11.9. The van der Waals surface area contributed by atoms with Gasteiger partial charge in [-0.25, -0.2) is 8.78 Å². The van der Waals surface area contributed by atoms with E-state index in [4.69, 9.17) is 0 Å². The van der Waals surface area contributed by atoms with E-state index >= 15 is 0 Å². The van der Waals surface area contributed by atoms with Gasteiger partial charge in [-0.05, 0) is 30.9 Å². The number of carbonyl (C=O) groups excluding carboxylic acids is 1. The van der Waals surface area contributed by atoms with E-state index in [-0.39, 0.29) is 10.4 Å². The molecule has 0 bridgehead atoms. The summed E-state index contributed by atoms with van der Waals surface area (Å²) in [7, 11) is 0. The minimum absolute atomic E-state index is 0.0120. The third-order valence-corrected chi connectivity index (χ3v) is 3.79. The summed E-state index contributed by atoms with van der Waals surface area (Å²) in [6.07, 6.45) is 2.33. The number of nitrogens with one attached hydrogen (secondary N) is 1. The van der Waals surface area contributed by atoms with Crippen molar-refractivity contribution in [2.45, 2.75) is 17.7 Å². The lowest BCUT2D eigenvalue weighted by Crippen LogP contribution is -2.30. The Kier molecular flexibility index (Phi) is 3.76. The molecular weight excluding hydrogens is 292 g/mol. The zero-order valence-electron chi connectivity index (χ0n) is 9.05. The first-order valence-corrected chi connectivity index (χ1v) is 6.36. The van der Waals surface area contributed by atoms with Crippen LogP contribution in [0.4, 0.5) is 8.78 Å². The summed E-state index contributed by atoms with van der Waals surface area (Å²) in [6, 6.07) is 2.80. The maximum absolute atomic E-state index is 12.9. The smallest absolute Gasteiger partial charge is 0.251 e. The molecule has 1 aliphatic carbocycles. The number of halogens is 3. The highest BCUT2D eigenvalue weighted by Gasteiger charge is 2.29. The van der Waals surface area contributed by atoms with E-state index in [0.29, 0.717) is 12.5 Å². The first kappa shape index (κ1) is 12.5. The molecule has 2 nitrogen and oxygen atoms in total. The fourth-order valence-corrected chi connectivity index (χ4v) is 2.29. The van der Waals surface area contributed by atoms with Crippen LogP contribution in [-0.4, -0.2) is 17.3 Å². The lowest BCUT2D eigenvalue weighted by molar-refractivity contribution is 0.0952. The number of benzene rings is 1. The van der Waals surface area contributed by atoms with Gasteiger partial charge in [0, 0.05) is 23.0 Å². The van der Waals surface area contributed by atoms with E-state index in [1.54, 1.807) is 0 Å². The second-order valence-electron chi connectivity index (χ2n) is 4.22. The summed E-state index contributed by atoms with van der Waals surface area (Å²) >= 11 is 3.47. The molecule has 1 unspecified atom stereocenters. The van der Waals surface area contributed by atoms with E-state index in [2.05, 4.69) is 21.2 Å². The van der Waals surface area contributed by atoms with Crippen molar-refractivity contribution in [2.24, 2.45) is 5.92 Å². The van der Waals surface area contributed by atoms with Crippen molar-refractivity contribution in [2.75, 3.05) is 6.54 Å². The molecule has 0 aromatic heterocycles. The molecule has 1 aromatic rings. The average Bonchev–Trinajstić information content (AvgIpc) is 3.07. The van der Waals surface area contributed by atoms with Crippen LogP contribution in [0, 0.1) is 17.6 Å². The first-order valence-electron chi connectivity index (χ1n) is 5.44. The molecule has 0 spiro atoms. The Hall–Kier alpha value is -0.970. The van der Waals surface area contributed by atoms with Gasteiger partial charge in [0.2, 0.25) is 0 Å². The molecule has 1 amide bonds. The van der Waals surface area contributed by atoms with Gasteiger partial charge in [0.15, 0.2) is 0 Å². The van der Waals surface area contributed by atoms with Crippen LogP contribution in [0.25, 0.3) is 0 Å². The Morgan fingerprint density at radius 3 is 2.47 bits per heavy atom. The Morgan fingerprint density at radius 1 is 1.35 bits per heavy atom. The zero-order valence-corrected chi connectivity index (χ0v) is 10.6. The molecular formula is C12H12BrF2NO. The van der Waals surface area contributed by atoms with Crippen LogP contribution in [-0.2, 0) is 0 Å². The van der Waals surface area contributed by atoms with Crippen molar-refractivity contribution in [3.8, 4) is 0 Å². The Bertz CT molecular complexity index is 414. The van der Waals surface area contributed by atoms with Crippen LogP contribution in [0.15, 0.2) is 18.2 Å². The topological polar surface area (TPSA) is 29.1 Å². The van der Waals surface area contributed by atoms with Gasteiger partial charge in [-0.2, -0.15) is 0 Å². The maximum atomic E-state index is 12.9. The van der Waals surface area contributed by atoms with Gasteiger partial charge in [-0.3, -0.25) is 4.79 Å².